The van der Waals surface area contributed by atoms with Crippen LogP contribution in [-0.2, 0) is 11.2 Å². The Kier molecular flexibility index (Phi) is 6.59. The number of aromatic nitrogens is 1. The number of amides is 3. The Labute approximate surface area is 180 Å². The summed E-state index contributed by atoms with van der Waals surface area (Å²) in [6.07, 6.45) is 3.37. The maximum atomic E-state index is 12.6. The quantitative estimate of drug-likeness (QED) is 0.582. The Morgan fingerprint density at radius 2 is 1.90 bits per heavy atom. The van der Waals surface area contributed by atoms with E-state index in [0.29, 0.717) is 19.6 Å². The number of fused-ring (bicyclic) bond motifs is 1. The van der Waals surface area contributed by atoms with E-state index in [0.717, 1.165) is 41.9 Å². The fourth-order valence-electron chi connectivity index (χ4n) is 3.72. The molecule has 2 aromatic carbocycles. The van der Waals surface area contributed by atoms with Crippen LogP contribution in [0.15, 0.2) is 54.6 Å². The summed E-state index contributed by atoms with van der Waals surface area (Å²) in [6.45, 7) is 1.77. The van der Waals surface area contributed by atoms with Crippen LogP contribution in [0.1, 0.15) is 24.3 Å². The molecule has 3 aromatic rings. The molecule has 30 heavy (non-hydrogen) atoms. The second kappa shape index (κ2) is 9.71. The molecule has 1 aliphatic rings. The number of urea groups is 1. The number of nitrogens with one attached hydrogen (secondary N) is 2. The third-order valence-corrected chi connectivity index (χ3v) is 6.41. The van der Waals surface area contributed by atoms with Gasteiger partial charge in [0, 0.05) is 31.7 Å². The molecule has 1 aliphatic heterocycles. The summed E-state index contributed by atoms with van der Waals surface area (Å²) < 4.78 is 1.20. The van der Waals surface area contributed by atoms with Crippen LogP contribution in [0.25, 0.3) is 10.2 Å². The topological polar surface area (TPSA) is 74.3 Å². The molecule has 2 heterocycles. The predicted molar refractivity (Wildman–Crippen MR) is 121 cm³/mol. The maximum absolute atomic E-state index is 12.6. The standard InChI is InChI=1S/C23H26N4O2S/c28-22(24-14-6-13-21-26-19-11-4-5-12-20(19)30-21)17-8-7-15-27(16-17)23(29)25-18-9-2-1-3-10-18/h1-5,9-12,17H,6-8,13-16H2,(H,24,28)(H,25,29). The highest BCUT2D eigenvalue weighted by molar-refractivity contribution is 7.18. The van der Waals surface area contributed by atoms with Crippen molar-refractivity contribution in [1.82, 2.24) is 15.2 Å². The normalized spacial score (nSPS) is 16.4. The molecule has 1 atom stereocenters. The van der Waals surface area contributed by atoms with E-state index in [1.165, 1.54) is 4.70 Å². The average molecular weight is 423 g/mol. The van der Waals surface area contributed by atoms with Crippen LogP contribution in [0.2, 0.25) is 0 Å². The van der Waals surface area contributed by atoms with E-state index in [4.69, 9.17) is 0 Å². The summed E-state index contributed by atoms with van der Waals surface area (Å²) in [4.78, 5) is 31.5. The lowest BCUT2D eigenvalue weighted by Gasteiger charge is -2.32. The van der Waals surface area contributed by atoms with Crippen molar-refractivity contribution in [2.45, 2.75) is 25.7 Å². The summed E-state index contributed by atoms with van der Waals surface area (Å²) in [7, 11) is 0. The first-order valence-electron chi connectivity index (χ1n) is 10.4. The minimum atomic E-state index is -0.150. The molecule has 7 heteroatoms. The molecule has 2 N–H and O–H groups in total. The molecule has 1 unspecified atom stereocenters. The molecule has 4 rings (SSSR count). The van der Waals surface area contributed by atoms with Gasteiger partial charge < -0.3 is 15.5 Å². The number of benzene rings is 2. The number of carbonyl (C=O) groups excluding carboxylic acids is 2. The van der Waals surface area contributed by atoms with Gasteiger partial charge >= 0.3 is 6.03 Å². The van der Waals surface area contributed by atoms with Crippen LogP contribution in [-0.4, -0.2) is 41.5 Å². The summed E-state index contributed by atoms with van der Waals surface area (Å²) in [5.74, 6) is -0.112. The Balaban J connectivity index is 1.21. The maximum Gasteiger partial charge on any atom is 0.321 e. The number of anilines is 1. The van der Waals surface area contributed by atoms with E-state index < -0.39 is 0 Å². The number of likely N-dealkylation sites (tertiary alicyclic amines) is 1. The Hall–Kier alpha value is -2.93. The van der Waals surface area contributed by atoms with Gasteiger partial charge in [0.2, 0.25) is 5.91 Å². The van der Waals surface area contributed by atoms with Gasteiger partial charge in [0.15, 0.2) is 0 Å². The fourth-order valence-corrected chi connectivity index (χ4v) is 4.73. The van der Waals surface area contributed by atoms with E-state index in [1.807, 2.05) is 48.5 Å². The number of aryl methyl sites for hydroxylation is 1. The number of hydrogen-bond donors (Lipinski definition) is 2. The Bertz CT molecular complexity index is 972. The molecule has 0 radical (unpaired) electrons. The molecular formula is C23H26N4O2S. The van der Waals surface area contributed by atoms with E-state index in [1.54, 1.807) is 16.2 Å². The number of rotatable bonds is 6. The highest BCUT2D eigenvalue weighted by Gasteiger charge is 2.28. The second-order valence-corrected chi connectivity index (χ2v) is 8.67. The molecule has 1 fully saturated rings. The number of nitrogens with zero attached hydrogens (tertiary/aromatic N) is 2. The molecule has 0 aliphatic carbocycles. The second-order valence-electron chi connectivity index (χ2n) is 7.55. The largest absolute Gasteiger partial charge is 0.356 e. The van der Waals surface area contributed by atoms with Crippen molar-refractivity contribution in [2.24, 2.45) is 5.92 Å². The minimum absolute atomic E-state index is 0.0384. The van der Waals surface area contributed by atoms with Crippen LogP contribution >= 0.6 is 11.3 Å². The number of thiazole rings is 1. The number of hydrogen-bond acceptors (Lipinski definition) is 4. The molecular weight excluding hydrogens is 396 g/mol. The van der Waals surface area contributed by atoms with Crippen molar-refractivity contribution < 1.29 is 9.59 Å². The van der Waals surface area contributed by atoms with Gasteiger partial charge in [0.1, 0.15) is 0 Å². The van der Waals surface area contributed by atoms with Crippen molar-refractivity contribution in [2.75, 3.05) is 25.0 Å². The summed E-state index contributed by atoms with van der Waals surface area (Å²) >= 11 is 1.71. The fraction of sp³-hybridized carbons (Fsp3) is 0.348. The lowest BCUT2D eigenvalue weighted by Crippen LogP contribution is -2.47. The van der Waals surface area contributed by atoms with Crippen molar-refractivity contribution >= 4 is 39.2 Å². The van der Waals surface area contributed by atoms with Crippen LogP contribution in [0.4, 0.5) is 10.5 Å². The summed E-state index contributed by atoms with van der Waals surface area (Å²) in [5, 5.41) is 7.05. The van der Waals surface area contributed by atoms with E-state index in [2.05, 4.69) is 21.7 Å². The van der Waals surface area contributed by atoms with Crippen molar-refractivity contribution in [1.29, 1.82) is 0 Å². The molecule has 0 bridgehead atoms. The highest BCUT2D eigenvalue weighted by atomic mass is 32.1. The van der Waals surface area contributed by atoms with Crippen molar-refractivity contribution in [3.05, 3.63) is 59.6 Å². The van der Waals surface area contributed by atoms with Gasteiger partial charge in [-0.2, -0.15) is 0 Å². The van der Waals surface area contributed by atoms with Gasteiger partial charge in [0.05, 0.1) is 21.1 Å². The molecule has 3 amide bonds. The molecule has 0 spiro atoms. The van der Waals surface area contributed by atoms with E-state index in [9.17, 15) is 9.59 Å². The number of piperidine rings is 1. The SMILES string of the molecule is O=C(NCCCc1nc2ccccc2s1)C1CCCN(C(=O)Nc2ccccc2)C1. The smallest absolute Gasteiger partial charge is 0.321 e. The first-order valence-corrected chi connectivity index (χ1v) is 11.2. The third kappa shape index (κ3) is 5.16. The van der Waals surface area contributed by atoms with E-state index in [-0.39, 0.29) is 17.9 Å². The highest BCUT2D eigenvalue weighted by Crippen LogP contribution is 2.22. The summed E-state index contributed by atoms with van der Waals surface area (Å²) in [6, 6.07) is 17.4. The van der Waals surface area contributed by atoms with Gasteiger partial charge in [-0.15, -0.1) is 11.3 Å². The van der Waals surface area contributed by atoms with Gasteiger partial charge in [-0.25, -0.2) is 9.78 Å². The zero-order chi connectivity index (χ0) is 20.8. The van der Waals surface area contributed by atoms with Gasteiger partial charge in [0.25, 0.3) is 0 Å². The van der Waals surface area contributed by atoms with Crippen LogP contribution < -0.4 is 10.6 Å². The average Bonchev–Trinajstić information content (AvgIpc) is 3.20. The molecule has 1 aromatic heterocycles. The Morgan fingerprint density at radius 1 is 1.10 bits per heavy atom. The van der Waals surface area contributed by atoms with Gasteiger partial charge in [-0.05, 0) is 43.5 Å². The number of para-hydroxylation sites is 2. The molecule has 6 nitrogen and oxygen atoms in total. The Morgan fingerprint density at radius 3 is 2.73 bits per heavy atom. The molecule has 1 saturated heterocycles. The van der Waals surface area contributed by atoms with E-state index >= 15 is 0 Å². The van der Waals surface area contributed by atoms with Crippen LogP contribution in [0.5, 0.6) is 0 Å². The van der Waals surface area contributed by atoms with Crippen molar-refractivity contribution in [3.8, 4) is 0 Å². The van der Waals surface area contributed by atoms with Gasteiger partial charge in [-0.1, -0.05) is 30.3 Å². The minimum Gasteiger partial charge on any atom is -0.356 e. The third-order valence-electron chi connectivity index (χ3n) is 5.31. The monoisotopic (exact) mass is 422 g/mol. The van der Waals surface area contributed by atoms with Crippen molar-refractivity contribution in [3.63, 3.8) is 0 Å². The zero-order valence-electron chi connectivity index (χ0n) is 16.8. The summed E-state index contributed by atoms with van der Waals surface area (Å²) in [5.41, 5.74) is 1.81. The first-order chi connectivity index (χ1) is 14.7. The van der Waals surface area contributed by atoms with Crippen LogP contribution in [0, 0.1) is 5.92 Å². The molecule has 0 saturated carbocycles. The molecule has 156 valence electrons. The van der Waals surface area contributed by atoms with Crippen LogP contribution in [0.3, 0.4) is 0 Å². The lowest BCUT2D eigenvalue weighted by molar-refractivity contribution is -0.126. The number of carbonyl (C=O) groups is 2. The zero-order valence-corrected chi connectivity index (χ0v) is 17.7. The van der Waals surface area contributed by atoms with Gasteiger partial charge in [-0.3, -0.25) is 4.79 Å². The predicted octanol–water partition coefficient (Wildman–Crippen LogP) is 4.29. The first kappa shape index (κ1) is 20.3. The lowest BCUT2D eigenvalue weighted by atomic mass is 9.97.